The molecule has 6 nitrogen and oxygen atoms in total. The SMILES string of the molecule is O=c1oc2ccc(Br)cc2cc1-c1csc(CCCCc2nc(-c3cc4cc(Br)ccc4oc3=O)cs2)n1. The molecule has 0 N–H and O–H groups in total. The number of thiazole rings is 2. The molecule has 0 unspecified atom stereocenters. The van der Waals surface area contributed by atoms with Gasteiger partial charge in [-0.2, -0.15) is 0 Å². The van der Waals surface area contributed by atoms with E-state index in [0.29, 0.717) is 33.7 Å². The van der Waals surface area contributed by atoms with E-state index in [1.807, 2.05) is 47.2 Å². The van der Waals surface area contributed by atoms with Crippen LogP contribution in [0.3, 0.4) is 0 Å². The molecule has 6 rings (SSSR count). The van der Waals surface area contributed by atoms with Gasteiger partial charge in [-0.25, -0.2) is 19.6 Å². The average molecular weight is 670 g/mol. The van der Waals surface area contributed by atoms with Crippen LogP contribution in [0, 0.1) is 0 Å². The van der Waals surface area contributed by atoms with Crippen LogP contribution in [0.1, 0.15) is 22.9 Å². The molecule has 0 radical (unpaired) electrons. The highest BCUT2D eigenvalue weighted by atomic mass is 79.9. The van der Waals surface area contributed by atoms with Gasteiger partial charge in [-0.15, -0.1) is 22.7 Å². The van der Waals surface area contributed by atoms with Crippen molar-refractivity contribution in [2.45, 2.75) is 25.7 Å². The summed E-state index contributed by atoms with van der Waals surface area (Å²) in [7, 11) is 0. The normalized spacial score (nSPS) is 11.5. The number of aromatic nitrogens is 2. The first kappa shape index (κ1) is 25.4. The fraction of sp³-hybridized carbons (Fsp3) is 0.143. The van der Waals surface area contributed by atoms with E-state index in [1.165, 1.54) is 0 Å². The molecule has 0 saturated heterocycles. The number of hydrogen-bond donors (Lipinski definition) is 0. The predicted octanol–water partition coefficient (Wildman–Crippen LogP) is 8.24. The third-order valence-electron chi connectivity index (χ3n) is 6.08. The molecule has 190 valence electrons. The van der Waals surface area contributed by atoms with Gasteiger partial charge in [-0.1, -0.05) is 31.9 Å². The third kappa shape index (κ3) is 5.31. The van der Waals surface area contributed by atoms with Gasteiger partial charge < -0.3 is 8.83 Å². The lowest BCUT2D eigenvalue weighted by molar-refractivity contribution is 0.563. The first-order chi connectivity index (χ1) is 18.4. The zero-order valence-corrected chi connectivity index (χ0v) is 24.5. The summed E-state index contributed by atoms with van der Waals surface area (Å²) in [6, 6.07) is 14.8. The zero-order chi connectivity index (χ0) is 26.2. The van der Waals surface area contributed by atoms with Gasteiger partial charge in [-0.3, -0.25) is 0 Å². The van der Waals surface area contributed by atoms with E-state index in [2.05, 4.69) is 41.8 Å². The molecule has 0 spiro atoms. The van der Waals surface area contributed by atoms with Crippen molar-refractivity contribution in [3.8, 4) is 22.5 Å². The number of halogens is 2. The molecule has 0 fully saturated rings. The van der Waals surface area contributed by atoms with Crippen molar-refractivity contribution < 1.29 is 8.83 Å². The summed E-state index contributed by atoms with van der Waals surface area (Å²) in [6.45, 7) is 0. The molecule has 0 atom stereocenters. The maximum Gasteiger partial charge on any atom is 0.345 e. The summed E-state index contributed by atoms with van der Waals surface area (Å²) < 4.78 is 12.8. The number of rotatable bonds is 7. The molecule has 4 heterocycles. The van der Waals surface area contributed by atoms with Gasteiger partial charge in [0.25, 0.3) is 0 Å². The van der Waals surface area contributed by atoms with Crippen molar-refractivity contribution in [3.05, 3.63) is 99.1 Å². The van der Waals surface area contributed by atoms with E-state index in [9.17, 15) is 9.59 Å². The minimum atomic E-state index is -0.385. The fourth-order valence-electron chi connectivity index (χ4n) is 4.20. The predicted molar refractivity (Wildman–Crippen MR) is 159 cm³/mol. The Bertz CT molecular complexity index is 1780. The fourth-order valence-corrected chi connectivity index (χ4v) is 6.64. The Morgan fingerprint density at radius 3 is 1.55 bits per heavy atom. The third-order valence-corrected chi connectivity index (χ3v) is 8.88. The second-order valence-electron chi connectivity index (χ2n) is 8.72. The van der Waals surface area contributed by atoms with E-state index >= 15 is 0 Å². The minimum absolute atomic E-state index is 0.385. The molecule has 2 aromatic carbocycles. The van der Waals surface area contributed by atoms with E-state index in [4.69, 9.17) is 8.83 Å². The molecule has 0 amide bonds. The molecule has 10 heteroatoms. The standard InChI is InChI=1S/C28H18Br2N2O4S2/c29-17-5-7-23-15(9-17)11-19(27(33)35-23)21-13-37-25(31-21)3-1-2-4-26-32-22(14-38-26)20-12-16-10-18(30)6-8-24(16)36-28(20)34/h5-14H,1-4H2. The van der Waals surface area contributed by atoms with Crippen LogP contribution in [0.25, 0.3) is 44.5 Å². The Kier molecular flexibility index (Phi) is 7.13. The Hall–Kier alpha value is -2.92. The van der Waals surface area contributed by atoms with Crippen molar-refractivity contribution in [2.75, 3.05) is 0 Å². The molecular weight excluding hydrogens is 652 g/mol. The summed E-state index contributed by atoms with van der Waals surface area (Å²) in [6.07, 6.45) is 3.51. The highest BCUT2D eigenvalue weighted by Gasteiger charge is 2.14. The minimum Gasteiger partial charge on any atom is -0.422 e. The van der Waals surface area contributed by atoms with Crippen molar-refractivity contribution in [2.24, 2.45) is 0 Å². The summed E-state index contributed by atoms with van der Waals surface area (Å²) in [5.74, 6) is 0. The summed E-state index contributed by atoms with van der Waals surface area (Å²) in [4.78, 5) is 34.4. The van der Waals surface area contributed by atoms with Crippen molar-refractivity contribution in [1.29, 1.82) is 0 Å². The van der Waals surface area contributed by atoms with Gasteiger partial charge in [0.2, 0.25) is 0 Å². The second-order valence-corrected chi connectivity index (χ2v) is 12.4. The maximum atomic E-state index is 12.5. The first-order valence-electron chi connectivity index (χ1n) is 11.8. The molecule has 0 aliphatic heterocycles. The first-order valence-corrected chi connectivity index (χ1v) is 15.1. The van der Waals surface area contributed by atoms with Crippen LogP contribution < -0.4 is 11.3 Å². The van der Waals surface area contributed by atoms with E-state index in [-0.39, 0.29) is 11.3 Å². The van der Waals surface area contributed by atoms with Crippen LogP contribution in [-0.2, 0) is 12.8 Å². The van der Waals surface area contributed by atoms with E-state index < -0.39 is 0 Å². The summed E-state index contributed by atoms with van der Waals surface area (Å²) in [5, 5.41) is 7.47. The highest BCUT2D eigenvalue weighted by Crippen LogP contribution is 2.27. The van der Waals surface area contributed by atoms with E-state index in [1.54, 1.807) is 34.8 Å². The van der Waals surface area contributed by atoms with Crippen molar-refractivity contribution in [3.63, 3.8) is 0 Å². The van der Waals surface area contributed by atoms with Crippen LogP contribution >= 0.6 is 54.5 Å². The summed E-state index contributed by atoms with van der Waals surface area (Å²) in [5.41, 5.74) is 2.57. The molecule has 0 aliphatic rings. The zero-order valence-electron chi connectivity index (χ0n) is 19.7. The van der Waals surface area contributed by atoms with Crippen LogP contribution in [0.2, 0.25) is 0 Å². The lowest BCUT2D eigenvalue weighted by Gasteiger charge is -2.01. The Labute approximate surface area is 241 Å². The molecule has 6 aromatic rings. The van der Waals surface area contributed by atoms with Gasteiger partial charge >= 0.3 is 11.3 Å². The van der Waals surface area contributed by atoms with Gasteiger partial charge in [0.15, 0.2) is 0 Å². The van der Waals surface area contributed by atoms with Gasteiger partial charge in [0, 0.05) is 30.5 Å². The van der Waals surface area contributed by atoms with Gasteiger partial charge in [0.05, 0.1) is 32.5 Å². The van der Waals surface area contributed by atoms with Crippen molar-refractivity contribution in [1.82, 2.24) is 9.97 Å². The number of unbranched alkanes of at least 4 members (excludes halogenated alkanes) is 1. The van der Waals surface area contributed by atoms with E-state index in [0.717, 1.165) is 55.4 Å². The second kappa shape index (κ2) is 10.7. The average Bonchev–Trinajstić information content (AvgIpc) is 3.56. The number of nitrogens with zero attached hydrogens (tertiary/aromatic N) is 2. The Morgan fingerprint density at radius 2 is 1.11 bits per heavy atom. The summed E-state index contributed by atoms with van der Waals surface area (Å²) >= 11 is 10.0. The topological polar surface area (TPSA) is 86.2 Å². The smallest absolute Gasteiger partial charge is 0.345 e. The monoisotopic (exact) mass is 668 g/mol. The van der Waals surface area contributed by atoms with Crippen molar-refractivity contribution >= 4 is 76.5 Å². The largest absolute Gasteiger partial charge is 0.422 e. The van der Waals surface area contributed by atoms with Gasteiger partial charge in [-0.05, 0) is 74.2 Å². The lowest BCUT2D eigenvalue weighted by Crippen LogP contribution is -2.03. The Morgan fingerprint density at radius 1 is 0.658 bits per heavy atom. The lowest BCUT2D eigenvalue weighted by atomic mass is 10.1. The van der Waals surface area contributed by atoms with Crippen LogP contribution in [0.5, 0.6) is 0 Å². The number of aryl methyl sites for hydroxylation is 2. The number of benzene rings is 2. The van der Waals surface area contributed by atoms with Crippen LogP contribution in [0.4, 0.5) is 0 Å². The van der Waals surface area contributed by atoms with Gasteiger partial charge in [0.1, 0.15) is 11.2 Å². The maximum absolute atomic E-state index is 12.5. The number of hydrogen-bond acceptors (Lipinski definition) is 8. The highest BCUT2D eigenvalue weighted by molar-refractivity contribution is 9.10. The number of fused-ring (bicyclic) bond motifs is 2. The molecule has 38 heavy (non-hydrogen) atoms. The molecule has 0 saturated carbocycles. The molecule has 4 aromatic heterocycles. The molecular formula is C28H18Br2N2O4S2. The molecule has 0 bridgehead atoms. The quantitative estimate of drug-likeness (QED) is 0.126. The molecule has 0 aliphatic carbocycles. The Balaban J connectivity index is 1.09. The van der Waals surface area contributed by atoms with Crippen LogP contribution in [-0.4, -0.2) is 9.97 Å². The van der Waals surface area contributed by atoms with Crippen LogP contribution in [0.15, 0.2) is 86.7 Å².